The number of carbonyl (C=O) groups is 2. The summed E-state index contributed by atoms with van der Waals surface area (Å²) in [5, 5.41) is 0. The molecule has 4 heteroatoms. The van der Waals surface area contributed by atoms with Crippen molar-refractivity contribution in [3.8, 4) is 0 Å². The van der Waals surface area contributed by atoms with Crippen molar-refractivity contribution in [1.82, 2.24) is 0 Å². The number of halogens is 2. The number of hydrogen-bond donors (Lipinski definition) is 0. The summed E-state index contributed by atoms with van der Waals surface area (Å²) >= 11 is 0. The van der Waals surface area contributed by atoms with E-state index < -0.39 is 23.2 Å². The summed E-state index contributed by atoms with van der Waals surface area (Å²) in [6, 6.07) is 5.17. The Morgan fingerprint density at radius 2 is 2.05 bits per heavy atom. The van der Waals surface area contributed by atoms with E-state index in [0.29, 0.717) is 6.29 Å². The standard InChI is InChI=1S/C15H12F2O2/c1-10-5-4-6-11(9-18)15(10,17)14(19)12-7-2-3-8-13(12)16/h2-9,11H,1H3. The molecule has 2 atom stereocenters. The average Bonchev–Trinajstić information content (AvgIpc) is 2.41. The van der Waals surface area contributed by atoms with Gasteiger partial charge >= 0.3 is 0 Å². The van der Waals surface area contributed by atoms with E-state index >= 15 is 4.39 Å². The third-order valence-corrected chi connectivity index (χ3v) is 3.29. The molecule has 0 heterocycles. The number of Topliss-reactive ketones (excluding diaryl/α,β-unsaturated/α-hetero) is 1. The van der Waals surface area contributed by atoms with Gasteiger partial charge in [-0.2, -0.15) is 0 Å². The van der Waals surface area contributed by atoms with Crippen LogP contribution in [0.1, 0.15) is 17.3 Å². The molecule has 0 N–H and O–H groups in total. The lowest BCUT2D eigenvalue weighted by Gasteiger charge is -2.30. The van der Waals surface area contributed by atoms with Crippen LogP contribution in [-0.2, 0) is 4.79 Å². The second-order valence-electron chi connectivity index (χ2n) is 4.42. The molecule has 2 rings (SSSR count). The first kappa shape index (κ1) is 13.3. The van der Waals surface area contributed by atoms with E-state index in [9.17, 15) is 14.0 Å². The molecule has 0 spiro atoms. The lowest BCUT2D eigenvalue weighted by atomic mass is 9.75. The van der Waals surface area contributed by atoms with Gasteiger partial charge in [-0.1, -0.05) is 30.4 Å². The van der Waals surface area contributed by atoms with E-state index in [-0.39, 0.29) is 11.1 Å². The van der Waals surface area contributed by atoms with Gasteiger partial charge in [-0.25, -0.2) is 8.78 Å². The van der Waals surface area contributed by atoms with Crippen molar-refractivity contribution < 1.29 is 18.4 Å². The molecule has 0 radical (unpaired) electrons. The number of rotatable bonds is 3. The van der Waals surface area contributed by atoms with Gasteiger partial charge in [-0.15, -0.1) is 0 Å². The highest BCUT2D eigenvalue weighted by Gasteiger charge is 2.48. The van der Waals surface area contributed by atoms with E-state index in [0.717, 1.165) is 6.07 Å². The summed E-state index contributed by atoms with van der Waals surface area (Å²) in [7, 11) is 0. The molecule has 0 aromatic heterocycles. The van der Waals surface area contributed by atoms with E-state index in [1.807, 2.05) is 0 Å². The Kier molecular flexibility index (Phi) is 3.42. The fraction of sp³-hybridized carbons (Fsp3) is 0.200. The van der Waals surface area contributed by atoms with Crippen molar-refractivity contribution in [2.75, 3.05) is 0 Å². The molecule has 0 aliphatic heterocycles. The molecule has 1 aliphatic rings. The normalized spacial score (nSPS) is 25.8. The minimum absolute atomic E-state index is 0.0975. The quantitative estimate of drug-likeness (QED) is 0.619. The second kappa shape index (κ2) is 4.88. The van der Waals surface area contributed by atoms with Gasteiger partial charge < -0.3 is 4.79 Å². The van der Waals surface area contributed by atoms with E-state index in [2.05, 4.69) is 0 Å². The minimum Gasteiger partial charge on any atom is -0.303 e. The smallest absolute Gasteiger partial charge is 0.208 e. The number of aldehydes is 1. The van der Waals surface area contributed by atoms with Gasteiger partial charge in [-0.3, -0.25) is 4.79 Å². The van der Waals surface area contributed by atoms with Gasteiger partial charge in [0.05, 0.1) is 11.5 Å². The number of allylic oxidation sites excluding steroid dienone is 4. The average molecular weight is 262 g/mol. The molecule has 2 unspecified atom stereocenters. The summed E-state index contributed by atoms with van der Waals surface area (Å²) in [5.74, 6) is -3.05. The molecule has 1 aromatic rings. The molecule has 19 heavy (non-hydrogen) atoms. The van der Waals surface area contributed by atoms with Crippen LogP contribution in [0.3, 0.4) is 0 Å². The van der Waals surface area contributed by atoms with Gasteiger partial charge in [0.15, 0.2) is 0 Å². The number of alkyl halides is 1. The maximum absolute atomic E-state index is 15.0. The van der Waals surface area contributed by atoms with Crippen molar-refractivity contribution in [3.63, 3.8) is 0 Å². The summed E-state index contributed by atoms with van der Waals surface area (Å²) in [4.78, 5) is 23.3. The van der Waals surface area contributed by atoms with Crippen LogP contribution in [0.5, 0.6) is 0 Å². The van der Waals surface area contributed by atoms with Crippen LogP contribution < -0.4 is 0 Å². The first-order valence-corrected chi connectivity index (χ1v) is 5.81. The molecule has 98 valence electrons. The molecule has 1 aromatic carbocycles. The summed E-state index contributed by atoms with van der Waals surface area (Å²) in [6.07, 6.45) is 4.60. The van der Waals surface area contributed by atoms with Crippen LogP contribution in [0.4, 0.5) is 8.78 Å². The second-order valence-corrected chi connectivity index (χ2v) is 4.42. The Labute approximate surface area is 109 Å². The lowest BCUT2D eigenvalue weighted by molar-refractivity contribution is -0.112. The third kappa shape index (κ3) is 2.03. The third-order valence-electron chi connectivity index (χ3n) is 3.29. The van der Waals surface area contributed by atoms with Crippen LogP contribution in [0.25, 0.3) is 0 Å². The van der Waals surface area contributed by atoms with E-state index in [4.69, 9.17) is 0 Å². The SMILES string of the molecule is CC1=CC=CC(C=O)C1(F)C(=O)c1ccccc1F. The van der Waals surface area contributed by atoms with Crippen LogP contribution in [0.15, 0.2) is 48.1 Å². The van der Waals surface area contributed by atoms with Crippen molar-refractivity contribution in [2.24, 2.45) is 5.92 Å². The zero-order valence-electron chi connectivity index (χ0n) is 10.3. The largest absolute Gasteiger partial charge is 0.303 e. The summed E-state index contributed by atoms with van der Waals surface area (Å²) in [5.41, 5.74) is -2.76. The topological polar surface area (TPSA) is 34.1 Å². The first-order valence-electron chi connectivity index (χ1n) is 5.81. The van der Waals surface area contributed by atoms with Crippen molar-refractivity contribution >= 4 is 12.1 Å². The zero-order valence-corrected chi connectivity index (χ0v) is 10.3. The van der Waals surface area contributed by atoms with E-state index in [1.165, 1.54) is 43.4 Å². The predicted molar refractivity (Wildman–Crippen MR) is 67.0 cm³/mol. The van der Waals surface area contributed by atoms with Gasteiger partial charge in [0.25, 0.3) is 0 Å². The molecule has 0 fully saturated rings. The first-order chi connectivity index (χ1) is 9.01. The monoisotopic (exact) mass is 262 g/mol. The van der Waals surface area contributed by atoms with Crippen LogP contribution in [0, 0.1) is 11.7 Å². The molecule has 0 saturated carbocycles. The predicted octanol–water partition coefficient (Wildman–Crippen LogP) is 3.05. The molecule has 0 saturated heterocycles. The van der Waals surface area contributed by atoms with Crippen LogP contribution in [-0.4, -0.2) is 17.7 Å². The molecule has 0 bridgehead atoms. The van der Waals surface area contributed by atoms with Gasteiger partial charge in [-0.05, 0) is 24.6 Å². The Bertz CT molecular complexity index is 590. The fourth-order valence-corrected chi connectivity index (χ4v) is 2.15. The maximum atomic E-state index is 15.0. The van der Waals surface area contributed by atoms with Crippen molar-refractivity contribution in [1.29, 1.82) is 0 Å². The molecular weight excluding hydrogens is 250 g/mol. The lowest BCUT2D eigenvalue weighted by Crippen LogP contribution is -2.44. The van der Waals surface area contributed by atoms with Crippen molar-refractivity contribution in [3.05, 3.63) is 59.4 Å². The zero-order chi connectivity index (χ0) is 14.0. The molecule has 0 amide bonds. The van der Waals surface area contributed by atoms with Crippen molar-refractivity contribution in [2.45, 2.75) is 12.6 Å². The van der Waals surface area contributed by atoms with E-state index in [1.54, 1.807) is 0 Å². The molecule has 2 nitrogen and oxygen atoms in total. The Morgan fingerprint density at radius 3 is 2.68 bits per heavy atom. The van der Waals surface area contributed by atoms with Crippen LogP contribution in [0.2, 0.25) is 0 Å². The Morgan fingerprint density at radius 1 is 1.37 bits per heavy atom. The molecular formula is C15H12F2O2. The van der Waals surface area contributed by atoms with Gasteiger partial charge in [0, 0.05) is 0 Å². The summed E-state index contributed by atoms with van der Waals surface area (Å²) in [6.45, 7) is 1.42. The van der Waals surface area contributed by atoms with Gasteiger partial charge in [0.2, 0.25) is 11.5 Å². The van der Waals surface area contributed by atoms with Crippen LogP contribution >= 0.6 is 0 Å². The van der Waals surface area contributed by atoms with Gasteiger partial charge in [0.1, 0.15) is 12.1 Å². The highest BCUT2D eigenvalue weighted by atomic mass is 19.1. The Hall–Kier alpha value is -2.10. The number of hydrogen-bond acceptors (Lipinski definition) is 2. The maximum Gasteiger partial charge on any atom is 0.208 e. The highest BCUT2D eigenvalue weighted by molar-refractivity contribution is 6.07. The number of carbonyl (C=O) groups excluding carboxylic acids is 2. The number of benzene rings is 1. The Balaban J connectivity index is 2.52. The molecule has 1 aliphatic carbocycles. The summed E-state index contributed by atoms with van der Waals surface area (Å²) < 4.78 is 28.6. The minimum atomic E-state index is -2.52. The highest BCUT2D eigenvalue weighted by Crippen LogP contribution is 2.37. The fourth-order valence-electron chi connectivity index (χ4n) is 2.15. The number of ketones is 1.